The molecule has 1 aliphatic heterocycles. The van der Waals surface area contributed by atoms with Gasteiger partial charge in [0.2, 0.25) is 0 Å². The predicted molar refractivity (Wildman–Crippen MR) is 130 cm³/mol. The summed E-state index contributed by atoms with van der Waals surface area (Å²) in [6.07, 6.45) is 0. The summed E-state index contributed by atoms with van der Waals surface area (Å²) in [6, 6.07) is 11.5. The Kier molecular flexibility index (Phi) is 8.15. The van der Waals surface area contributed by atoms with Gasteiger partial charge in [-0.25, -0.2) is 0 Å². The van der Waals surface area contributed by atoms with Crippen LogP contribution >= 0.6 is 15.9 Å². The molecule has 1 unspecified atom stereocenters. The number of benzene rings is 2. The lowest BCUT2D eigenvalue weighted by Gasteiger charge is -2.29. The smallest absolute Gasteiger partial charge is 0.295 e. The number of aliphatic hydroxyl groups is 1. The molecule has 1 aliphatic rings. The van der Waals surface area contributed by atoms with Crippen molar-refractivity contribution in [3.05, 3.63) is 63.6 Å². The molecule has 8 heteroatoms. The number of hydrogen-bond acceptors (Lipinski definition) is 6. The molecule has 176 valence electrons. The number of rotatable bonds is 9. The summed E-state index contributed by atoms with van der Waals surface area (Å²) in [5.41, 5.74) is 1.10. The minimum Gasteiger partial charge on any atom is -0.507 e. The van der Waals surface area contributed by atoms with Crippen LogP contribution in [0.15, 0.2) is 52.5 Å². The summed E-state index contributed by atoms with van der Waals surface area (Å²) < 4.78 is 11.4. The molecule has 0 aliphatic carbocycles. The van der Waals surface area contributed by atoms with Gasteiger partial charge in [-0.15, -0.1) is 0 Å². The van der Waals surface area contributed by atoms with Crippen LogP contribution in [0.4, 0.5) is 0 Å². The topological polar surface area (TPSA) is 79.3 Å². The lowest BCUT2D eigenvalue weighted by atomic mass is 9.94. The normalized spacial score (nSPS) is 17.6. The first kappa shape index (κ1) is 24.8. The van der Waals surface area contributed by atoms with E-state index >= 15 is 0 Å². The Morgan fingerprint density at radius 1 is 1.06 bits per heavy atom. The van der Waals surface area contributed by atoms with Crippen LogP contribution in [-0.2, 0) is 9.59 Å². The van der Waals surface area contributed by atoms with Crippen LogP contribution in [0.5, 0.6) is 11.5 Å². The van der Waals surface area contributed by atoms with E-state index in [-0.39, 0.29) is 11.3 Å². The number of halogens is 1. The van der Waals surface area contributed by atoms with Gasteiger partial charge >= 0.3 is 0 Å². The van der Waals surface area contributed by atoms with Gasteiger partial charge in [0.15, 0.2) is 0 Å². The molecule has 1 saturated heterocycles. The molecule has 0 bridgehead atoms. The zero-order valence-electron chi connectivity index (χ0n) is 19.3. The number of nitrogens with zero attached hydrogens (tertiary/aromatic N) is 2. The van der Waals surface area contributed by atoms with Gasteiger partial charge in [-0.3, -0.25) is 9.59 Å². The largest absolute Gasteiger partial charge is 0.507 e. The average Bonchev–Trinajstić information content (AvgIpc) is 3.08. The fraction of sp³-hybridized carbons (Fsp3) is 0.360. The number of ketones is 1. The molecule has 33 heavy (non-hydrogen) atoms. The third-order valence-electron chi connectivity index (χ3n) is 5.95. The van der Waals surface area contributed by atoms with Crippen LogP contribution in [0.3, 0.4) is 0 Å². The van der Waals surface area contributed by atoms with Gasteiger partial charge in [0.1, 0.15) is 17.3 Å². The molecule has 3 rings (SSSR count). The highest BCUT2D eigenvalue weighted by Crippen LogP contribution is 2.43. The summed E-state index contributed by atoms with van der Waals surface area (Å²) in [4.78, 5) is 30.0. The zero-order chi connectivity index (χ0) is 24.1. The molecule has 7 nitrogen and oxygen atoms in total. The van der Waals surface area contributed by atoms with Gasteiger partial charge in [0, 0.05) is 24.2 Å². The van der Waals surface area contributed by atoms with E-state index in [1.165, 1.54) is 4.90 Å². The molecule has 2 aromatic carbocycles. The van der Waals surface area contributed by atoms with E-state index in [9.17, 15) is 14.7 Å². The molecule has 1 amide bonds. The van der Waals surface area contributed by atoms with E-state index < -0.39 is 17.7 Å². The van der Waals surface area contributed by atoms with Crippen LogP contribution in [0.25, 0.3) is 5.76 Å². The van der Waals surface area contributed by atoms with Crippen LogP contribution in [-0.4, -0.2) is 67.0 Å². The van der Waals surface area contributed by atoms with Gasteiger partial charge in [-0.2, -0.15) is 0 Å². The molecule has 1 N–H and O–H groups in total. The third kappa shape index (κ3) is 4.91. The SMILES string of the molecule is CCN(CC)CCN1C(=O)C(=O)/C(=C(/O)c2ccc(OC)c(Br)c2)C1c1ccccc1OC. The van der Waals surface area contributed by atoms with Crippen LogP contribution in [0.2, 0.25) is 0 Å². The molecule has 2 aromatic rings. The Balaban J connectivity index is 2.16. The quantitative estimate of drug-likeness (QED) is 0.305. The van der Waals surface area contributed by atoms with Gasteiger partial charge in [-0.1, -0.05) is 32.0 Å². The standard InChI is InChI=1S/C25H29BrN2O5/c1-5-27(6-2)13-14-28-22(17-9-7-8-10-19(17)32-3)21(24(30)25(28)31)23(29)16-11-12-20(33-4)18(26)15-16/h7-12,15,22,29H,5-6,13-14H2,1-4H3/b23-21+. The molecule has 1 heterocycles. The zero-order valence-corrected chi connectivity index (χ0v) is 20.9. The first-order valence-electron chi connectivity index (χ1n) is 10.8. The number of ether oxygens (including phenoxy) is 2. The van der Waals surface area contributed by atoms with Gasteiger partial charge < -0.3 is 24.4 Å². The lowest BCUT2D eigenvalue weighted by molar-refractivity contribution is -0.140. The third-order valence-corrected chi connectivity index (χ3v) is 6.57. The van der Waals surface area contributed by atoms with Crippen molar-refractivity contribution < 1.29 is 24.2 Å². The second-order valence-corrected chi connectivity index (χ2v) is 8.46. The maximum absolute atomic E-state index is 13.2. The number of aliphatic hydroxyl groups excluding tert-OH is 1. The Morgan fingerprint density at radius 2 is 1.73 bits per heavy atom. The fourth-order valence-electron chi connectivity index (χ4n) is 4.08. The monoisotopic (exact) mass is 516 g/mol. The highest BCUT2D eigenvalue weighted by atomic mass is 79.9. The number of carbonyl (C=O) groups excluding carboxylic acids is 2. The maximum Gasteiger partial charge on any atom is 0.295 e. The molecule has 0 spiro atoms. The van der Waals surface area contributed by atoms with Crippen LogP contribution in [0.1, 0.15) is 31.0 Å². The second-order valence-electron chi connectivity index (χ2n) is 7.61. The number of hydrogen-bond donors (Lipinski definition) is 1. The molecule has 0 aromatic heterocycles. The van der Waals surface area contributed by atoms with E-state index in [1.54, 1.807) is 38.5 Å². The fourth-order valence-corrected chi connectivity index (χ4v) is 4.63. The van der Waals surface area contributed by atoms with Crippen LogP contribution < -0.4 is 9.47 Å². The second kappa shape index (κ2) is 10.9. The number of likely N-dealkylation sites (N-methyl/N-ethyl adjacent to an activating group) is 1. The van der Waals surface area contributed by atoms with Crippen molar-refractivity contribution in [2.24, 2.45) is 0 Å². The Bertz CT molecular complexity index is 1060. The van der Waals surface area contributed by atoms with E-state index in [4.69, 9.17) is 9.47 Å². The number of Topliss-reactive ketones (excluding diaryl/α,β-unsaturated/α-hetero) is 1. The number of methoxy groups -OCH3 is 2. The van der Waals surface area contributed by atoms with Crippen LogP contribution in [0, 0.1) is 0 Å². The number of para-hydroxylation sites is 1. The van der Waals surface area contributed by atoms with Crippen molar-refractivity contribution in [1.82, 2.24) is 9.80 Å². The molecule has 0 radical (unpaired) electrons. The highest BCUT2D eigenvalue weighted by molar-refractivity contribution is 9.10. The van der Waals surface area contributed by atoms with Gasteiger partial charge in [-0.05, 0) is 53.3 Å². The first-order chi connectivity index (χ1) is 15.9. The average molecular weight is 517 g/mol. The minimum absolute atomic E-state index is 0.0427. The number of likely N-dealkylation sites (tertiary alicyclic amines) is 1. The molecule has 1 fully saturated rings. The van der Waals surface area contributed by atoms with Crippen molar-refractivity contribution in [3.63, 3.8) is 0 Å². The maximum atomic E-state index is 13.2. The van der Waals surface area contributed by atoms with Gasteiger partial charge in [0.25, 0.3) is 11.7 Å². The van der Waals surface area contributed by atoms with E-state index in [0.29, 0.717) is 40.2 Å². The summed E-state index contributed by atoms with van der Waals surface area (Å²) in [5.74, 6) is -0.452. The minimum atomic E-state index is -0.766. The van der Waals surface area contributed by atoms with Crippen molar-refractivity contribution in [2.75, 3.05) is 40.4 Å². The Morgan fingerprint density at radius 3 is 2.33 bits per heavy atom. The summed E-state index contributed by atoms with van der Waals surface area (Å²) in [7, 11) is 3.09. The van der Waals surface area contributed by atoms with Crippen molar-refractivity contribution in [1.29, 1.82) is 0 Å². The van der Waals surface area contributed by atoms with Crippen molar-refractivity contribution in [3.8, 4) is 11.5 Å². The Hall–Kier alpha value is -2.84. The Labute approximate surface area is 202 Å². The van der Waals surface area contributed by atoms with E-state index in [1.807, 2.05) is 18.2 Å². The molecular formula is C25H29BrN2O5. The summed E-state index contributed by atoms with van der Waals surface area (Å²) >= 11 is 3.42. The molecule has 0 saturated carbocycles. The first-order valence-corrected chi connectivity index (χ1v) is 11.6. The summed E-state index contributed by atoms with van der Waals surface area (Å²) in [6.45, 7) is 6.73. The van der Waals surface area contributed by atoms with E-state index in [0.717, 1.165) is 13.1 Å². The summed E-state index contributed by atoms with van der Waals surface area (Å²) in [5, 5.41) is 11.2. The molecular weight excluding hydrogens is 488 g/mol. The molecule has 1 atom stereocenters. The van der Waals surface area contributed by atoms with Gasteiger partial charge in [0.05, 0.1) is 30.3 Å². The predicted octanol–water partition coefficient (Wildman–Crippen LogP) is 4.23. The lowest BCUT2D eigenvalue weighted by Crippen LogP contribution is -2.38. The van der Waals surface area contributed by atoms with Crippen molar-refractivity contribution in [2.45, 2.75) is 19.9 Å². The number of carbonyl (C=O) groups is 2. The van der Waals surface area contributed by atoms with Crippen molar-refractivity contribution >= 4 is 33.4 Å². The number of amides is 1. The van der Waals surface area contributed by atoms with E-state index in [2.05, 4.69) is 34.7 Å². The highest BCUT2D eigenvalue weighted by Gasteiger charge is 2.46.